The molecule has 0 unspecified atom stereocenters. The van der Waals surface area contributed by atoms with E-state index in [1.165, 1.54) is 0 Å². The summed E-state index contributed by atoms with van der Waals surface area (Å²) in [4.78, 5) is 29.2. The van der Waals surface area contributed by atoms with Crippen molar-refractivity contribution in [2.75, 3.05) is 32.7 Å². The van der Waals surface area contributed by atoms with Gasteiger partial charge in [0.15, 0.2) is 0 Å². The van der Waals surface area contributed by atoms with Crippen LogP contribution in [0.15, 0.2) is 30.3 Å². The van der Waals surface area contributed by atoms with Crippen molar-refractivity contribution in [1.82, 2.24) is 15.1 Å². The molecule has 6 nitrogen and oxygen atoms in total. The molecule has 1 aromatic carbocycles. The van der Waals surface area contributed by atoms with Gasteiger partial charge in [0.05, 0.1) is 12.2 Å². The summed E-state index contributed by atoms with van der Waals surface area (Å²) in [6, 6.07) is 9.38. The molecule has 1 N–H and O–H groups in total. The Morgan fingerprint density at radius 3 is 2.56 bits per heavy atom. The van der Waals surface area contributed by atoms with Crippen molar-refractivity contribution in [2.24, 2.45) is 0 Å². The SMILES string of the molecule is C[C@@H]1CN(C[C@H]2CCCN2C(=O)CCNC(=O)c2ccccc2)C[C@@H](C)O1. The zero-order valence-corrected chi connectivity index (χ0v) is 16.4. The second kappa shape index (κ2) is 9.33. The van der Waals surface area contributed by atoms with Crippen LogP contribution in [0, 0.1) is 0 Å². The highest BCUT2D eigenvalue weighted by molar-refractivity contribution is 5.94. The van der Waals surface area contributed by atoms with Crippen LogP contribution in [-0.2, 0) is 9.53 Å². The van der Waals surface area contributed by atoms with Crippen LogP contribution >= 0.6 is 0 Å². The highest BCUT2D eigenvalue weighted by atomic mass is 16.5. The number of hydrogen-bond donors (Lipinski definition) is 1. The Morgan fingerprint density at radius 2 is 1.85 bits per heavy atom. The van der Waals surface area contributed by atoms with Crippen molar-refractivity contribution < 1.29 is 14.3 Å². The number of hydrogen-bond acceptors (Lipinski definition) is 4. The quantitative estimate of drug-likeness (QED) is 0.827. The van der Waals surface area contributed by atoms with Gasteiger partial charge in [0.1, 0.15) is 0 Å². The van der Waals surface area contributed by atoms with E-state index in [-0.39, 0.29) is 30.1 Å². The molecular formula is C21H31N3O3. The van der Waals surface area contributed by atoms with Gasteiger partial charge >= 0.3 is 0 Å². The lowest BCUT2D eigenvalue weighted by molar-refractivity contribution is -0.132. The Bertz CT molecular complexity index is 627. The van der Waals surface area contributed by atoms with E-state index in [1.807, 2.05) is 23.1 Å². The van der Waals surface area contributed by atoms with Gasteiger partial charge in [-0.25, -0.2) is 0 Å². The molecule has 0 bridgehead atoms. The van der Waals surface area contributed by atoms with Crippen LogP contribution in [0.25, 0.3) is 0 Å². The van der Waals surface area contributed by atoms with Crippen LogP contribution in [-0.4, -0.2) is 72.6 Å². The molecule has 6 heteroatoms. The van der Waals surface area contributed by atoms with E-state index in [0.717, 1.165) is 39.0 Å². The summed E-state index contributed by atoms with van der Waals surface area (Å²) in [7, 11) is 0. The minimum absolute atomic E-state index is 0.127. The molecule has 2 amide bonds. The fourth-order valence-electron chi connectivity index (χ4n) is 4.20. The lowest BCUT2D eigenvalue weighted by Gasteiger charge is -2.38. The summed E-state index contributed by atoms with van der Waals surface area (Å²) >= 11 is 0. The molecule has 27 heavy (non-hydrogen) atoms. The molecule has 0 saturated carbocycles. The van der Waals surface area contributed by atoms with Gasteiger partial charge in [-0.15, -0.1) is 0 Å². The second-order valence-electron chi connectivity index (χ2n) is 7.73. The third kappa shape index (κ3) is 5.53. The van der Waals surface area contributed by atoms with E-state index < -0.39 is 0 Å². The predicted molar refractivity (Wildman–Crippen MR) is 105 cm³/mol. The van der Waals surface area contributed by atoms with Crippen molar-refractivity contribution in [3.05, 3.63) is 35.9 Å². The van der Waals surface area contributed by atoms with E-state index in [0.29, 0.717) is 18.5 Å². The van der Waals surface area contributed by atoms with Gasteiger partial charge in [-0.3, -0.25) is 14.5 Å². The van der Waals surface area contributed by atoms with Gasteiger partial charge < -0.3 is 15.0 Å². The van der Waals surface area contributed by atoms with Gasteiger partial charge in [-0.2, -0.15) is 0 Å². The Labute approximate surface area is 161 Å². The topological polar surface area (TPSA) is 61.9 Å². The van der Waals surface area contributed by atoms with Gasteiger partial charge in [0, 0.05) is 50.7 Å². The molecule has 2 saturated heterocycles. The van der Waals surface area contributed by atoms with Crippen LogP contribution < -0.4 is 5.32 Å². The first kappa shape index (κ1) is 19.8. The average Bonchev–Trinajstić information content (AvgIpc) is 3.09. The van der Waals surface area contributed by atoms with E-state index in [2.05, 4.69) is 24.1 Å². The molecule has 0 aromatic heterocycles. The van der Waals surface area contributed by atoms with E-state index in [1.54, 1.807) is 12.1 Å². The molecule has 0 radical (unpaired) electrons. The first-order chi connectivity index (χ1) is 13.0. The lowest BCUT2D eigenvalue weighted by atomic mass is 10.1. The van der Waals surface area contributed by atoms with E-state index in [4.69, 9.17) is 4.74 Å². The molecule has 1 aromatic rings. The standard InChI is InChI=1S/C21H31N3O3/c1-16-13-23(14-17(2)27-16)15-19-9-6-12-24(19)20(25)10-11-22-21(26)18-7-4-3-5-8-18/h3-5,7-8,16-17,19H,6,9-15H2,1-2H3,(H,22,26)/t16-,17-,19-/m1/s1. The summed E-state index contributed by atoms with van der Waals surface area (Å²) in [5.74, 6) is 0.0119. The molecule has 3 atom stereocenters. The van der Waals surface area contributed by atoms with Gasteiger partial charge in [-0.05, 0) is 38.8 Å². The first-order valence-electron chi connectivity index (χ1n) is 10.0. The number of benzene rings is 1. The van der Waals surface area contributed by atoms with Crippen molar-refractivity contribution in [3.63, 3.8) is 0 Å². The maximum Gasteiger partial charge on any atom is 0.251 e. The number of carbonyl (C=O) groups is 2. The lowest BCUT2D eigenvalue weighted by Crippen LogP contribution is -2.51. The zero-order valence-electron chi connectivity index (χ0n) is 16.4. The Morgan fingerprint density at radius 1 is 1.15 bits per heavy atom. The molecule has 2 aliphatic rings. The Kier molecular flexibility index (Phi) is 6.85. The van der Waals surface area contributed by atoms with Crippen LogP contribution in [0.5, 0.6) is 0 Å². The fourth-order valence-corrected chi connectivity index (χ4v) is 4.20. The van der Waals surface area contributed by atoms with Gasteiger partial charge in [-0.1, -0.05) is 18.2 Å². The van der Waals surface area contributed by atoms with Crippen LogP contribution in [0.3, 0.4) is 0 Å². The van der Waals surface area contributed by atoms with Crippen LogP contribution in [0.1, 0.15) is 43.5 Å². The second-order valence-corrected chi connectivity index (χ2v) is 7.73. The van der Waals surface area contributed by atoms with Crippen molar-refractivity contribution in [1.29, 1.82) is 0 Å². The smallest absolute Gasteiger partial charge is 0.251 e. The number of ether oxygens (including phenoxy) is 1. The molecule has 0 spiro atoms. The molecule has 148 valence electrons. The first-order valence-corrected chi connectivity index (χ1v) is 10.0. The number of nitrogens with one attached hydrogen (secondary N) is 1. The summed E-state index contributed by atoms with van der Waals surface area (Å²) in [6.45, 7) is 8.18. The number of carbonyl (C=O) groups excluding carboxylic acids is 2. The summed E-state index contributed by atoms with van der Waals surface area (Å²) < 4.78 is 5.80. The normalized spacial score (nSPS) is 26.1. The molecule has 2 heterocycles. The largest absolute Gasteiger partial charge is 0.373 e. The third-order valence-electron chi connectivity index (χ3n) is 5.32. The monoisotopic (exact) mass is 373 g/mol. The van der Waals surface area contributed by atoms with E-state index >= 15 is 0 Å². The molecule has 3 rings (SSSR count). The summed E-state index contributed by atoms with van der Waals surface area (Å²) in [6.07, 6.45) is 2.95. The average molecular weight is 373 g/mol. The van der Waals surface area contributed by atoms with Crippen LogP contribution in [0.2, 0.25) is 0 Å². The maximum absolute atomic E-state index is 12.7. The highest BCUT2D eigenvalue weighted by Gasteiger charge is 2.32. The summed E-state index contributed by atoms with van der Waals surface area (Å²) in [5.41, 5.74) is 0.625. The molecular weight excluding hydrogens is 342 g/mol. The Hall–Kier alpha value is -1.92. The number of morpholine rings is 1. The van der Waals surface area contributed by atoms with Gasteiger partial charge in [0.2, 0.25) is 5.91 Å². The molecule has 0 aliphatic carbocycles. The minimum Gasteiger partial charge on any atom is -0.373 e. The molecule has 2 fully saturated rings. The number of amides is 2. The van der Waals surface area contributed by atoms with Crippen molar-refractivity contribution >= 4 is 11.8 Å². The van der Waals surface area contributed by atoms with Crippen molar-refractivity contribution in [2.45, 2.75) is 51.4 Å². The van der Waals surface area contributed by atoms with Gasteiger partial charge in [0.25, 0.3) is 5.91 Å². The number of rotatable bonds is 6. The summed E-state index contributed by atoms with van der Waals surface area (Å²) in [5, 5.41) is 2.85. The number of likely N-dealkylation sites (tertiary alicyclic amines) is 1. The fraction of sp³-hybridized carbons (Fsp3) is 0.619. The highest BCUT2D eigenvalue weighted by Crippen LogP contribution is 2.21. The minimum atomic E-state index is -0.127. The van der Waals surface area contributed by atoms with Crippen LogP contribution in [0.4, 0.5) is 0 Å². The third-order valence-corrected chi connectivity index (χ3v) is 5.32. The molecule has 2 aliphatic heterocycles. The van der Waals surface area contributed by atoms with Crippen molar-refractivity contribution in [3.8, 4) is 0 Å². The van der Waals surface area contributed by atoms with E-state index in [9.17, 15) is 9.59 Å². The Balaban J connectivity index is 1.45. The number of nitrogens with zero attached hydrogens (tertiary/aromatic N) is 2. The maximum atomic E-state index is 12.7. The predicted octanol–water partition coefficient (Wildman–Crippen LogP) is 1.91. The zero-order chi connectivity index (χ0) is 19.2.